The Bertz CT molecular complexity index is 1340. The molecule has 0 fully saturated rings. The molecular weight excluding hydrogens is 479 g/mol. The number of nitrogens with zero attached hydrogens (tertiary/aromatic N) is 3. The van der Waals surface area contributed by atoms with Crippen molar-refractivity contribution in [1.82, 2.24) is 14.9 Å². The molecule has 3 aromatic carbocycles. The molecule has 0 radical (unpaired) electrons. The largest absolute Gasteiger partial charge is 0.489 e. The van der Waals surface area contributed by atoms with Gasteiger partial charge in [-0.25, -0.2) is 9.37 Å². The van der Waals surface area contributed by atoms with Crippen molar-refractivity contribution in [1.29, 1.82) is 0 Å². The van der Waals surface area contributed by atoms with Crippen LogP contribution >= 0.6 is 11.6 Å². The van der Waals surface area contributed by atoms with Gasteiger partial charge in [-0.3, -0.25) is 4.79 Å². The normalized spacial score (nSPS) is 12.7. The summed E-state index contributed by atoms with van der Waals surface area (Å²) < 4.78 is 21.2. The van der Waals surface area contributed by atoms with Crippen molar-refractivity contribution in [3.05, 3.63) is 112 Å². The van der Waals surface area contributed by atoms with E-state index >= 15 is 0 Å². The van der Waals surface area contributed by atoms with E-state index in [0.29, 0.717) is 55.5 Å². The summed E-state index contributed by atoms with van der Waals surface area (Å²) in [5.41, 5.74) is 4.55. The molecule has 0 aliphatic carbocycles. The third-order valence-electron chi connectivity index (χ3n) is 6.22. The number of fused-ring (bicyclic) bond motifs is 1. The van der Waals surface area contributed by atoms with E-state index in [4.69, 9.17) is 16.3 Å². The quantitative estimate of drug-likeness (QED) is 0.363. The summed E-state index contributed by atoms with van der Waals surface area (Å²) in [6.07, 6.45) is 4.32. The minimum absolute atomic E-state index is 0.191. The molecule has 184 valence electrons. The summed E-state index contributed by atoms with van der Waals surface area (Å²) in [6.45, 7) is 2.97. The van der Waals surface area contributed by atoms with E-state index in [1.807, 2.05) is 48.9 Å². The van der Waals surface area contributed by atoms with Gasteiger partial charge in [-0.15, -0.1) is 0 Å². The lowest BCUT2D eigenvalue weighted by Crippen LogP contribution is -2.34. The number of carbonyl (C=O) groups is 1. The number of nitrogens with one attached hydrogen (secondary N) is 1. The Hall–Kier alpha value is -3.84. The topological polar surface area (TPSA) is 59.4 Å². The Morgan fingerprint density at radius 1 is 1.03 bits per heavy atom. The fourth-order valence-electron chi connectivity index (χ4n) is 4.32. The van der Waals surface area contributed by atoms with Crippen molar-refractivity contribution in [3.63, 3.8) is 0 Å². The number of benzene rings is 3. The zero-order chi connectivity index (χ0) is 24.9. The number of amides is 1. The van der Waals surface area contributed by atoms with Gasteiger partial charge in [0.2, 0.25) is 0 Å². The first-order chi connectivity index (χ1) is 17.6. The number of halogens is 2. The smallest absolute Gasteiger partial charge is 0.255 e. The van der Waals surface area contributed by atoms with Crippen molar-refractivity contribution in [2.45, 2.75) is 19.5 Å². The molecule has 1 N–H and O–H groups in total. The van der Waals surface area contributed by atoms with E-state index in [1.165, 1.54) is 12.1 Å². The molecule has 1 amide bonds. The summed E-state index contributed by atoms with van der Waals surface area (Å²) in [4.78, 5) is 19.5. The maximum absolute atomic E-state index is 13.1. The van der Waals surface area contributed by atoms with Gasteiger partial charge in [-0.1, -0.05) is 41.9 Å². The summed E-state index contributed by atoms with van der Waals surface area (Å²) in [6, 6.07) is 19.7. The van der Waals surface area contributed by atoms with Gasteiger partial charge in [0.25, 0.3) is 5.91 Å². The second-order valence-corrected chi connectivity index (χ2v) is 9.13. The molecule has 6 nitrogen and oxygen atoms in total. The number of anilines is 1. The first-order valence-electron chi connectivity index (χ1n) is 11.8. The molecule has 0 saturated heterocycles. The number of aromatic nitrogens is 2. The second-order valence-electron chi connectivity index (χ2n) is 8.70. The standard InChI is InChI=1S/C28H26ClFN4O2/c29-22-8-4-21(5-9-22)17-34-19-31-16-24(34)18-33-14-15-36-27-25(2-1-3-26(27)33)28(35)32-13-12-20-6-10-23(30)11-7-20/h1-11,16,19H,12-15,17-18H2,(H,32,35). The van der Waals surface area contributed by atoms with Crippen LogP contribution in [0.4, 0.5) is 10.1 Å². The van der Waals surface area contributed by atoms with Crippen LogP contribution in [0.3, 0.4) is 0 Å². The summed E-state index contributed by atoms with van der Waals surface area (Å²) >= 11 is 6.02. The molecule has 1 aliphatic heterocycles. The minimum atomic E-state index is -0.270. The number of carbonyl (C=O) groups excluding carboxylic acids is 1. The van der Waals surface area contributed by atoms with Crippen molar-refractivity contribution < 1.29 is 13.9 Å². The van der Waals surface area contributed by atoms with E-state index in [-0.39, 0.29) is 11.7 Å². The van der Waals surface area contributed by atoms with E-state index in [2.05, 4.69) is 19.8 Å². The molecule has 8 heteroatoms. The molecule has 2 heterocycles. The molecule has 1 aromatic heterocycles. The van der Waals surface area contributed by atoms with Crippen molar-refractivity contribution >= 4 is 23.2 Å². The minimum Gasteiger partial charge on any atom is -0.489 e. The Balaban J connectivity index is 1.27. The van der Waals surface area contributed by atoms with Crippen LogP contribution in [-0.4, -0.2) is 35.2 Å². The first kappa shape index (κ1) is 23.9. The number of rotatable bonds is 8. The number of hydrogen-bond acceptors (Lipinski definition) is 4. The summed E-state index contributed by atoms with van der Waals surface area (Å²) in [7, 11) is 0. The van der Waals surface area contributed by atoms with Crippen LogP contribution < -0.4 is 15.0 Å². The number of ether oxygens (including phenoxy) is 1. The van der Waals surface area contributed by atoms with Crippen LogP contribution in [-0.2, 0) is 19.5 Å². The van der Waals surface area contributed by atoms with Crippen LogP contribution in [0.5, 0.6) is 5.75 Å². The van der Waals surface area contributed by atoms with Crippen LogP contribution in [0.2, 0.25) is 5.02 Å². The monoisotopic (exact) mass is 504 g/mol. The fourth-order valence-corrected chi connectivity index (χ4v) is 4.44. The highest BCUT2D eigenvalue weighted by molar-refractivity contribution is 6.30. The fraction of sp³-hybridized carbons (Fsp3) is 0.214. The van der Waals surface area contributed by atoms with Gasteiger partial charge in [0, 0.05) is 24.3 Å². The first-order valence-corrected chi connectivity index (χ1v) is 12.2. The van der Waals surface area contributed by atoms with Gasteiger partial charge in [-0.05, 0) is 53.9 Å². The lowest BCUT2D eigenvalue weighted by Gasteiger charge is -2.32. The SMILES string of the molecule is O=C(NCCc1ccc(F)cc1)c1cccc2c1OCCN2Cc1cncn1Cc1ccc(Cl)cc1. The van der Waals surface area contributed by atoms with Crippen molar-refractivity contribution in [3.8, 4) is 5.75 Å². The van der Waals surface area contributed by atoms with Crippen molar-refractivity contribution in [2.24, 2.45) is 0 Å². The van der Waals surface area contributed by atoms with Crippen LogP contribution in [0.15, 0.2) is 79.3 Å². The maximum Gasteiger partial charge on any atom is 0.255 e. The summed E-state index contributed by atoms with van der Waals surface area (Å²) in [5.74, 6) is 0.129. The molecule has 0 unspecified atom stereocenters. The molecule has 1 aliphatic rings. The Morgan fingerprint density at radius 2 is 1.81 bits per heavy atom. The molecule has 0 atom stereocenters. The third kappa shape index (κ3) is 5.52. The Morgan fingerprint density at radius 3 is 2.61 bits per heavy atom. The van der Waals surface area contributed by atoms with Crippen LogP contribution in [0.25, 0.3) is 0 Å². The van der Waals surface area contributed by atoms with Gasteiger partial charge in [-0.2, -0.15) is 0 Å². The van der Waals surface area contributed by atoms with Gasteiger partial charge < -0.3 is 19.5 Å². The van der Waals surface area contributed by atoms with E-state index in [9.17, 15) is 9.18 Å². The lowest BCUT2D eigenvalue weighted by molar-refractivity contribution is 0.0949. The van der Waals surface area contributed by atoms with E-state index in [1.54, 1.807) is 18.2 Å². The lowest BCUT2D eigenvalue weighted by atomic mass is 10.1. The Kier molecular flexibility index (Phi) is 7.18. The summed E-state index contributed by atoms with van der Waals surface area (Å²) in [5, 5.41) is 3.67. The average molecular weight is 505 g/mol. The highest BCUT2D eigenvalue weighted by Gasteiger charge is 2.24. The zero-order valence-corrected chi connectivity index (χ0v) is 20.4. The number of hydrogen-bond donors (Lipinski definition) is 1. The molecule has 5 rings (SSSR count). The van der Waals surface area contributed by atoms with Gasteiger partial charge in [0.05, 0.1) is 36.4 Å². The molecule has 0 spiro atoms. The van der Waals surface area contributed by atoms with Crippen LogP contribution in [0, 0.1) is 5.82 Å². The molecule has 0 saturated carbocycles. The molecule has 0 bridgehead atoms. The van der Waals surface area contributed by atoms with Gasteiger partial charge in [0.15, 0.2) is 5.75 Å². The predicted molar refractivity (Wildman–Crippen MR) is 138 cm³/mol. The van der Waals surface area contributed by atoms with Crippen molar-refractivity contribution in [2.75, 3.05) is 24.6 Å². The molecule has 4 aromatic rings. The van der Waals surface area contributed by atoms with E-state index in [0.717, 1.165) is 22.5 Å². The predicted octanol–water partition coefficient (Wildman–Crippen LogP) is 5.10. The van der Waals surface area contributed by atoms with Gasteiger partial charge in [0.1, 0.15) is 12.4 Å². The average Bonchev–Trinajstić information content (AvgIpc) is 3.32. The Labute approximate surface area is 214 Å². The highest BCUT2D eigenvalue weighted by Crippen LogP contribution is 2.35. The highest BCUT2D eigenvalue weighted by atomic mass is 35.5. The number of para-hydroxylation sites is 1. The third-order valence-corrected chi connectivity index (χ3v) is 6.47. The second kappa shape index (κ2) is 10.8. The van der Waals surface area contributed by atoms with Gasteiger partial charge >= 0.3 is 0 Å². The molecule has 36 heavy (non-hydrogen) atoms. The van der Waals surface area contributed by atoms with Crippen LogP contribution in [0.1, 0.15) is 27.2 Å². The molecular formula is C28H26ClFN4O2. The van der Waals surface area contributed by atoms with E-state index < -0.39 is 0 Å². The zero-order valence-electron chi connectivity index (χ0n) is 19.7. The number of imidazole rings is 1. The maximum atomic E-state index is 13.1.